The van der Waals surface area contributed by atoms with Gasteiger partial charge in [-0.3, -0.25) is 4.57 Å². The van der Waals surface area contributed by atoms with E-state index < -0.39 is 6.03 Å². The molecule has 4 rings (SSSR count). The molecule has 140 valence electrons. The summed E-state index contributed by atoms with van der Waals surface area (Å²) >= 11 is 0. The number of fused-ring (bicyclic) bond motifs is 1. The molecule has 1 heterocycles. The number of nitrogens with zero attached hydrogens (tertiary/aromatic N) is 2. The highest BCUT2D eigenvalue weighted by Gasteiger charge is 2.19. The SMILES string of the molecule is Cc1ccc(NC(=O)n2c(=O)n(Cc3ccccc3)c3ccc(C)cc32)cc1. The van der Waals surface area contributed by atoms with Gasteiger partial charge in [0.25, 0.3) is 0 Å². The lowest BCUT2D eigenvalue weighted by Crippen LogP contribution is -2.32. The fraction of sp³-hybridized carbons (Fsp3) is 0.130. The maximum atomic E-state index is 13.2. The number of imidazole rings is 1. The minimum atomic E-state index is -0.462. The van der Waals surface area contributed by atoms with Crippen LogP contribution in [0.25, 0.3) is 11.0 Å². The molecule has 5 nitrogen and oxygen atoms in total. The molecule has 0 aliphatic rings. The Balaban J connectivity index is 1.80. The Morgan fingerprint density at radius 3 is 2.25 bits per heavy atom. The first-order chi connectivity index (χ1) is 13.5. The standard InChI is InChI=1S/C23H21N3O2/c1-16-8-11-19(12-9-16)24-22(27)26-21-14-17(2)10-13-20(21)25(23(26)28)15-18-6-4-3-5-7-18/h3-14H,15H2,1-2H3,(H,24,27). The quantitative estimate of drug-likeness (QED) is 0.574. The van der Waals surface area contributed by atoms with Gasteiger partial charge >= 0.3 is 11.7 Å². The van der Waals surface area contributed by atoms with Crippen LogP contribution in [-0.4, -0.2) is 15.2 Å². The molecule has 1 N–H and O–H groups in total. The molecule has 0 atom stereocenters. The van der Waals surface area contributed by atoms with Gasteiger partial charge in [-0.2, -0.15) is 0 Å². The summed E-state index contributed by atoms with van der Waals surface area (Å²) < 4.78 is 2.85. The molecular formula is C23H21N3O2. The molecular weight excluding hydrogens is 350 g/mol. The monoisotopic (exact) mass is 371 g/mol. The molecule has 0 aliphatic carbocycles. The van der Waals surface area contributed by atoms with Crippen LogP contribution in [0.1, 0.15) is 16.7 Å². The Labute approximate surface area is 162 Å². The van der Waals surface area contributed by atoms with Gasteiger partial charge < -0.3 is 5.32 Å². The number of aromatic nitrogens is 2. The van der Waals surface area contributed by atoms with E-state index in [0.29, 0.717) is 17.7 Å². The van der Waals surface area contributed by atoms with E-state index >= 15 is 0 Å². The number of hydrogen-bond acceptors (Lipinski definition) is 2. The lowest BCUT2D eigenvalue weighted by atomic mass is 10.2. The summed E-state index contributed by atoms with van der Waals surface area (Å²) in [6.45, 7) is 4.33. The molecule has 0 spiro atoms. The van der Waals surface area contributed by atoms with Gasteiger partial charge in [0.15, 0.2) is 0 Å². The largest absolute Gasteiger partial charge is 0.337 e. The summed E-state index contributed by atoms with van der Waals surface area (Å²) in [5.41, 5.74) is 4.73. The Hall–Kier alpha value is -3.60. The van der Waals surface area contributed by atoms with Gasteiger partial charge in [-0.1, -0.05) is 54.1 Å². The van der Waals surface area contributed by atoms with Crippen LogP contribution >= 0.6 is 0 Å². The summed E-state index contributed by atoms with van der Waals surface area (Å²) in [6.07, 6.45) is 0. The molecule has 0 unspecified atom stereocenters. The van der Waals surface area contributed by atoms with E-state index in [-0.39, 0.29) is 5.69 Å². The van der Waals surface area contributed by atoms with Gasteiger partial charge in [0.2, 0.25) is 0 Å². The summed E-state index contributed by atoms with van der Waals surface area (Å²) in [6, 6.07) is 22.5. The van der Waals surface area contributed by atoms with Crippen LogP contribution in [0.2, 0.25) is 0 Å². The third kappa shape index (κ3) is 3.34. The van der Waals surface area contributed by atoms with Gasteiger partial charge in [0, 0.05) is 5.69 Å². The predicted octanol–water partition coefficient (Wildman–Crippen LogP) is 4.55. The lowest BCUT2D eigenvalue weighted by molar-refractivity contribution is 0.253. The van der Waals surface area contributed by atoms with Crippen LogP contribution in [-0.2, 0) is 6.54 Å². The highest BCUT2D eigenvalue weighted by atomic mass is 16.2. The van der Waals surface area contributed by atoms with Crippen molar-refractivity contribution in [3.8, 4) is 0 Å². The van der Waals surface area contributed by atoms with Gasteiger partial charge in [0.1, 0.15) is 0 Å². The van der Waals surface area contributed by atoms with Gasteiger partial charge in [-0.05, 0) is 49.2 Å². The fourth-order valence-corrected chi connectivity index (χ4v) is 3.30. The summed E-state index contributed by atoms with van der Waals surface area (Å²) in [5.74, 6) is 0. The molecule has 1 amide bonds. The molecule has 1 aromatic heterocycles. The molecule has 0 radical (unpaired) electrons. The number of benzene rings is 3. The zero-order valence-corrected chi connectivity index (χ0v) is 15.8. The van der Waals surface area contributed by atoms with E-state index in [2.05, 4.69) is 5.32 Å². The van der Waals surface area contributed by atoms with E-state index in [1.165, 1.54) is 4.57 Å². The minimum absolute atomic E-state index is 0.353. The second kappa shape index (κ2) is 7.19. The first-order valence-corrected chi connectivity index (χ1v) is 9.17. The van der Waals surface area contributed by atoms with Crippen LogP contribution in [0.15, 0.2) is 77.6 Å². The first kappa shape index (κ1) is 17.8. The summed E-state index contributed by atoms with van der Waals surface area (Å²) in [4.78, 5) is 26.1. The van der Waals surface area contributed by atoms with Gasteiger partial charge in [-0.25, -0.2) is 14.2 Å². The minimum Gasteiger partial charge on any atom is -0.307 e. The van der Waals surface area contributed by atoms with E-state index in [1.807, 2.05) is 86.6 Å². The zero-order valence-electron chi connectivity index (χ0n) is 15.8. The first-order valence-electron chi connectivity index (χ1n) is 9.17. The Bertz CT molecular complexity index is 1200. The molecule has 0 fully saturated rings. The molecule has 3 aromatic carbocycles. The molecule has 5 heteroatoms. The highest BCUT2D eigenvalue weighted by molar-refractivity contribution is 5.97. The summed E-state index contributed by atoms with van der Waals surface area (Å²) in [5, 5.41) is 2.83. The Morgan fingerprint density at radius 2 is 1.54 bits per heavy atom. The van der Waals surface area contributed by atoms with Crippen molar-refractivity contribution < 1.29 is 4.79 Å². The maximum absolute atomic E-state index is 13.2. The molecule has 0 saturated heterocycles. The van der Waals surface area contributed by atoms with Crippen LogP contribution in [0.3, 0.4) is 0 Å². The second-order valence-corrected chi connectivity index (χ2v) is 6.98. The van der Waals surface area contributed by atoms with Gasteiger partial charge in [0.05, 0.1) is 17.6 Å². The van der Waals surface area contributed by atoms with Crippen molar-refractivity contribution in [2.24, 2.45) is 0 Å². The van der Waals surface area contributed by atoms with Crippen LogP contribution in [0, 0.1) is 13.8 Å². The lowest BCUT2D eigenvalue weighted by Gasteiger charge is -2.06. The van der Waals surface area contributed by atoms with Crippen molar-refractivity contribution in [1.82, 2.24) is 9.13 Å². The smallest absolute Gasteiger partial charge is 0.307 e. The normalized spacial score (nSPS) is 10.9. The predicted molar refractivity (Wildman–Crippen MR) is 112 cm³/mol. The third-order valence-electron chi connectivity index (χ3n) is 4.77. The van der Waals surface area contributed by atoms with Crippen LogP contribution in [0.5, 0.6) is 0 Å². The fourth-order valence-electron chi connectivity index (χ4n) is 3.30. The Kier molecular flexibility index (Phi) is 4.57. The number of aryl methyl sites for hydroxylation is 2. The number of hydrogen-bond donors (Lipinski definition) is 1. The van der Waals surface area contributed by atoms with Crippen molar-refractivity contribution in [3.05, 3.63) is 100.0 Å². The van der Waals surface area contributed by atoms with Gasteiger partial charge in [-0.15, -0.1) is 0 Å². The van der Waals surface area contributed by atoms with Crippen molar-refractivity contribution in [2.75, 3.05) is 5.32 Å². The molecule has 0 aliphatic heterocycles. The number of carbonyl (C=O) groups excluding carboxylic acids is 1. The topological polar surface area (TPSA) is 56.0 Å². The average Bonchev–Trinajstić information content (AvgIpc) is 2.95. The van der Waals surface area contributed by atoms with Crippen LogP contribution in [0.4, 0.5) is 10.5 Å². The Morgan fingerprint density at radius 1 is 0.857 bits per heavy atom. The van der Waals surface area contributed by atoms with E-state index in [4.69, 9.17) is 0 Å². The average molecular weight is 371 g/mol. The van der Waals surface area contributed by atoms with Crippen molar-refractivity contribution in [3.63, 3.8) is 0 Å². The van der Waals surface area contributed by atoms with Crippen molar-refractivity contribution in [1.29, 1.82) is 0 Å². The second-order valence-electron chi connectivity index (χ2n) is 6.98. The maximum Gasteiger partial charge on any atom is 0.337 e. The number of nitrogens with one attached hydrogen (secondary N) is 1. The zero-order chi connectivity index (χ0) is 19.7. The molecule has 4 aromatic rings. The number of rotatable bonds is 3. The molecule has 0 saturated carbocycles. The van der Waals surface area contributed by atoms with E-state index in [9.17, 15) is 9.59 Å². The number of carbonyl (C=O) groups is 1. The molecule has 28 heavy (non-hydrogen) atoms. The highest BCUT2D eigenvalue weighted by Crippen LogP contribution is 2.18. The van der Waals surface area contributed by atoms with Crippen molar-refractivity contribution in [2.45, 2.75) is 20.4 Å². The van der Waals surface area contributed by atoms with Crippen molar-refractivity contribution >= 4 is 22.8 Å². The van der Waals surface area contributed by atoms with E-state index in [1.54, 1.807) is 4.57 Å². The van der Waals surface area contributed by atoms with Crippen LogP contribution < -0.4 is 11.0 Å². The van der Waals surface area contributed by atoms with E-state index in [0.717, 1.165) is 22.2 Å². The third-order valence-corrected chi connectivity index (χ3v) is 4.77. The number of anilines is 1. The molecule has 0 bridgehead atoms. The summed E-state index contributed by atoms with van der Waals surface area (Å²) in [7, 11) is 0. The number of amides is 1.